The molecule has 0 unspecified atom stereocenters. The van der Waals surface area contributed by atoms with Crippen LogP contribution in [0.3, 0.4) is 0 Å². The van der Waals surface area contributed by atoms with Crippen LogP contribution in [0.15, 0.2) is 23.6 Å². The van der Waals surface area contributed by atoms with Gasteiger partial charge in [0.2, 0.25) is 6.79 Å². The number of benzene rings is 1. The predicted octanol–water partition coefficient (Wildman–Crippen LogP) is 3.04. The lowest BCUT2D eigenvalue weighted by atomic mass is 10.1. The molecule has 5 heteroatoms. The summed E-state index contributed by atoms with van der Waals surface area (Å²) in [6.07, 6.45) is 2.76. The lowest BCUT2D eigenvalue weighted by Gasteiger charge is -2.00. The minimum absolute atomic E-state index is 0.312. The first kappa shape index (κ1) is 12.2. The van der Waals surface area contributed by atoms with E-state index in [2.05, 4.69) is 15.7 Å². The van der Waals surface area contributed by atoms with Gasteiger partial charge in [-0.3, -0.25) is 0 Å². The zero-order chi connectivity index (χ0) is 13.4. The van der Waals surface area contributed by atoms with Crippen LogP contribution < -0.4 is 14.8 Å². The first-order valence-electron chi connectivity index (χ1n) is 6.93. The van der Waals surface area contributed by atoms with E-state index in [0.29, 0.717) is 6.79 Å². The van der Waals surface area contributed by atoms with E-state index in [1.54, 1.807) is 11.3 Å². The summed E-state index contributed by atoms with van der Waals surface area (Å²) in [5.41, 5.74) is 2.09. The molecule has 4 nitrogen and oxygen atoms in total. The minimum Gasteiger partial charge on any atom is -0.454 e. The highest BCUT2D eigenvalue weighted by atomic mass is 32.1. The Morgan fingerprint density at radius 1 is 1.25 bits per heavy atom. The van der Waals surface area contributed by atoms with Gasteiger partial charge in [-0.25, -0.2) is 4.98 Å². The van der Waals surface area contributed by atoms with E-state index >= 15 is 0 Å². The normalized spacial score (nSPS) is 16.6. The average molecular weight is 288 g/mol. The molecule has 1 saturated carbocycles. The van der Waals surface area contributed by atoms with Crippen LogP contribution in [0, 0.1) is 5.92 Å². The second-order valence-electron chi connectivity index (χ2n) is 5.27. The van der Waals surface area contributed by atoms with E-state index in [1.807, 2.05) is 18.2 Å². The predicted molar refractivity (Wildman–Crippen MR) is 78.1 cm³/mol. The van der Waals surface area contributed by atoms with Gasteiger partial charge in [0.05, 0.1) is 5.69 Å². The highest BCUT2D eigenvalue weighted by molar-refractivity contribution is 7.09. The molecule has 1 aromatic carbocycles. The number of hydrogen-bond acceptors (Lipinski definition) is 5. The summed E-state index contributed by atoms with van der Waals surface area (Å²) < 4.78 is 10.7. The molecule has 1 N–H and O–H groups in total. The molecule has 1 aliphatic heterocycles. The van der Waals surface area contributed by atoms with Crippen molar-refractivity contribution >= 4 is 11.3 Å². The fourth-order valence-corrected chi connectivity index (χ4v) is 3.06. The van der Waals surface area contributed by atoms with E-state index in [-0.39, 0.29) is 0 Å². The fraction of sp³-hybridized carbons (Fsp3) is 0.400. The molecule has 4 rings (SSSR count). The first-order chi connectivity index (χ1) is 9.88. The van der Waals surface area contributed by atoms with Crippen LogP contribution in [-0.2, 0) is 6.54 Å². The standard InChI is InChI=1S/C15H16N2O2S/c1-2-10(1)6-16-7-15-17-12(8-20-15)11-3-4-13-14(5-11)19-9-18-13/h3-5,8,10,16H,1-2,6-7,9H2. The summed E-state index contributed by atoms with van der Waals surface area (Å²) in [5.74, 6) is 2.53. The maximum atomic E-state index is 5.41. The van der Waals surface area contributed by atoms with Crippen LogP contribution in [-0.4, -0.2) is 18.3 Å². The maximum absolute atomic E-state index is 5.41. The Morgan fingerprint density at radius 2 is 2.15 bits per heavy atom. The molecule has 1 aromatic heterocycles. The van der Waals surface area contributed by atoms with Crippen molar-refractivity contribution in [1.82, 2.24) is 10.3 Å². The molecule has 0 radical (unpaired) electrons. The third kappa shape index (κ3) is 2.51. The second-order valence-corrected chi connectivity index (χ2v) is 6.21. The highest BCUT2D eigenvalue weighted by Gasteiger charge is 2.20. The highest BCUT2D eigenvalue weighted by Crippen LogP contribution is 2.36. The zero-order valence-corrected chi connectivity index (χ0v) is 11.9. The lowest BCUT2D eigenvalue weighted by Crippen LogP contribution is -2.15. The minimum atomic E-state index is 0.312. The topological polar surface area (TPSA) is 43.4 Å². The summed E-state index contributed by atoms with van der Waals surface area (Å²) in [6.45, 7) is 2.30. The van der Waals surface area contributed by atoms with E-state index < -0.39 is 0 Å². The summed E-state index contributed by atoms with van der Waals surface area (Å²) in [5, 5.41) is 6.71. The number of hydrogen-bond donors (Lipinski definition) is 1. The van der Waals surface area contributed by atoms with Gasteiger partial charge in [0, 0.05) is 17.5 Å². The van der Waals surface area contributed by atoms with Crippen molar-refractivity contribution in [2.45, 2.75) is 19.4 Å². The molecule has 0 amide bonds. The van der Waals surface area contributed by atoms with E-state index in [9.17, 15) is 0 Å². The molecule has 20 heavy (non-hydrogen) atoms. The van der Waals surface area contributed by atoms with Crippen molar-refractivity contribution in [3.05, 3.63) is 28.6 Å². The Hall–Kier alpha value is -1.59. The number of fused-ring (bicyclic) bond motifs is 1. The second kappa shape index (κ2) is 5.07. The molecule has 2 heterocycles. The SMILES string of the molecule is c1cc2c(cc1-c1csc(CNCC3CC3)n1)OCO2. The van der Waals surface area contributed by atoms with Gasteiger partial charge in [0.15, 0.2) is 11.5 Å². The smallest absolute Gasteiger partial charge is 0.231 e. The van der Waals surface area contributed by atoms with E-state index in [0.717, 1.165) is 46.8 Å². The fourth-order valence-electron chi connectivity index (χ4n) is 2.29. The largest absolute Gasteiger partial charge is 0.454 e. The van der Waals surface area contributed by atoms with Gasteiger partial charge in [-0.05, 0) is 43.5 Å². The summed E-state index contributed by atoms with van der Waals surface area (Å²) in [4.78, 5) is 4.68. The third-order valence-corrected chi connectivity index (χ3v) is 4.48. The van der Waals surface area contributed by atoms with E-state index in [1.165, 1.54) is 12.8 Å². The molecule has 2 aliphatic rings. The molecular formula is C15H16N2O2S. The monoisotopic (exact) mass is 288 g/mol. The van der Waals surface area contributed by atoms with Crippen molar-refractivity contribution in [2.75, 3.05) is 13.3 Å². The summed E-state index contributed by atoms with van der Waals surface area (Å²) >= 11 is 1.70. The Labute approximate surface area is 121 Å². The Bertz CT molecular complexity index is 622. The van der Waals surface area contributed by atoms with Gasteiger partial charge < -0.3 is 14.8 Å². The van der Waals surface area contributed by atoms with Crippen LogP contribution >= 0.6 is 11.3 Å². The Kier molecular flexibility index (Phi) is 3.09. The van der Waals surface area contributed by atoms with Gasteiger partial charge in [0.1, 0.15) is 5.01 Å². The van der Waals surface area contributed by atoms with Crippen LogP contribution in [0.4, 0.5) is 0 Å². The zero-order valence-electron chi connectivity index (χ0n) is 11.1. The number of ether oxygens (including phenoxy) is 2. The van der Waals surface area contributed by atoms with Crippen molar-refractivity contribution in [1.29, 1.82) is 0 Å². The molecule has 0 spiro atoms. The summed E-state index contributed by atoms with van der Waals surface area (Å²) in [7, 11) is 0. The molecular weight excluding hydrogens is 272 g/mol. The number of thiazole rings is 1. The van der Waals surface area contributed by atoms with Crippen LogP contribution in [0.2, 0.25) is 0 Å². The average Bonchev–Trinajstić information content (AvgIpc) is 2.99. The molecule has 1 fully saturated rings. The van der Waals surface area contributed by atoms with Crippen LogP contribution in [0.1, 0.15) is 17.8 Å². The quantitative estimate of drug-likeness (QED) is 0.918. The molecule has 0 saturated heterocycles. The van der Waals surface area contributed by atoms with Crippen LogP contribution in [0.25, 0.3) is 11.3 Å². The van der Waals surface area contributed by atoms with Gasteiger partial charge >= 0.3 is 0 Å². The van der Waals surface area contributed by atoms with Gasteiger partial charge in [-0.2, -0.15) is 0 Å². The maximum Gasteiger partial charge on any atom is 0.231 e. The van der Waals surface area contributed by atoms with Crippen molar-refractivity contribution in [3.8, 4) is 22.8 Å². The van der Waals surface area contributed by atoms with Gasteiger partial charge in [-0.1, -0.05) is 0 Å². The third-order valence-electron chi connectivity index (χ3n) is 3.63. The van der Waals surface area contributed by atoms with Crippen LogP contribution in [0.5, 0.6) is 11.5 Å². The van der Waals surface area contributed by atoms with Gasteiger partial charge in [-0.15, -0.1) is 11.3 Å². The molecule has 1 aliphatic carbocycles. The van der Waals surface area contributed by atoms with Crippen molar-refractivity contribution in [2.24, 2.45) is 5.92 Å². The molecule has 0 atom stereocenters. The lowest BCUT2D eigenvalue weighted by molar-refractivity contribution is 0.174. The summed E-state index contributed by atoms with van der Waals surface area (Å²) in [6, 6.07) is 5.98. The number of nitrogens with zero attached hydrogens (tertiary/aromatic N) is 1. The number of nitrogens with one attached hydrogen (secondary N) is 1. The van der Waals surface area contributed by atoms with Crippen molar-refractivity contribution < 1.29 is 9.47 Å². The molecule has 0 bridgehead atoms. The van der Waals surface area contributed by atoms with E-state index in [4.69, 9.17) is 9.47 Å². The number of aromatic nitrogens is 1. The van der Waals surface area contributed by atoms with Gasteiger partial charge in [0.25, 0.3) is 0 Å². The Balaban J connectivity index is 1.46. The Morgan fingerprint density at radius 3 is 3.05 bits per heavy atom. The first-order valence-corrected chi connectivity index (χ1v) is 7.81. The van der Waals surface area contributed by atoms with Crippen molar-refractivity contribution in [3.63, 3.8) is 0 Å². The molecule has 2 aromatic rings. The number of rotatable bonds is 5. The molecule has 104 valence electrons.